The molecular formula is C38H46O2. The Labute approximate surface area is 241 Å². The standard InChI is InChI=1S/C38H46O2/c1-5-19-30(6-2)34-26-32(24-28(3)36(34)39)38(22-17-12-10-8-7-9-11-13-18-23-38)33-25-29(4)37(40)35(27-33)31-20-15-14-16-21-31/h5-6,14-16,19-21,24-27,39-40H,1-2,7-13,17-18,22-23H2,3-4H3/b30-19+. The molecule has 0 atom stereocenters. The largest absolute Gasteiger partial charge is 0.507 e. The third-order valence-electron chi connectivity index (χ3n) is 8.83. The smallest absolute Gasteiger partial charge is 0.126 e. The number of phenolic OH excluding ortho intramolecular Hbond substituents is 2. The Kier molecular flexibility index (Phi) is 10.1. The summed E-state index contributed by atoms with van der Waals surface area (Å²) in [5.41, 5.74) is 7.59. The summed E-state index contributed by atoms with van der Waals surface area (Å²) in [5.74, 6) is 0.649. The summed E-state index contributed by atoms with van der Waals surface area (Å²) in [5, 5.41) is 22.4. The van der Waals surface area contributed by atoms with Crippen molar-refractivity contribution in [3.8, 4) is 22.6 Å². The van der Waals surface area contributed by atoms with Crippen molar-refractivity contribution in [3.05, 3.63) is 114 Å². The Morgan fingerprint density at radius 3 is 1.77 bits per heavy atom. The van der Waals surface area contributed by atoms with E-state index in [0.29, 0.717) is 11.5 Å². The van der Waals surface area contributed by atoms with Gasteiger partial charge in [0.25, 0.3) is 0 Å². The van der Waals surface area contributed by atoms with E-state index in [-0.39, 0.29) is 5.41 Å². The molecule has 3 aromatic rings. The van der Waals surface area contributed by atoms with Crippen LogP contribution in [0.15, 0.2) is 86.0 Å². The average molecular weight is 535 g/mol. The number of rotatable bonds is 6. The third-order valence-corrected chi connectivity index (χ3v) is 8.83. The predicted octanol–water partition coefficient (Wildman–Crippen LogP) is 10.7. The van der Waals surface area contributed by atoms with Gasteiger partial charge < -0.3 is 10.2 Å². The van der Waals surface area contributed by atoms with Gasteiger partial charge in [-0.2, -0.15) is 0 Å². The summed E-state index contributed by atoms with van der Waals surface area (Å²) in [4.78, 5) is 0. The van der Waals surface area contributed by atoms with Crippen molar-refractivity contribution >= 4 is 5.57 Å². The number of allylic oxidation sites excluding steroid dienone is 4. The maximum Gasteiger partial charge on any atom is 0.126 e. The third kappa shape index (κ3) is 6.44. The molecule has 1 aliphatic rings. The fourth-order valence-electron chi connectivity index (χ4n) is 6.52. The lowest BCUT2D eigenvalue weighted by Crippen LogP contribution is -2.29. The second-order valence-corrected chi connectivity index (χ2v) is 11.6. The van der Waals surface area contributed by atoms with Crippen LogP contribution in [0.3, 0.4) is 0 Å². The lowest BCUT2D eigenvalue weighted by Gasteiger charge is -2.37. The van der Waals surface area contributed by atoms with E-state index in [1.54, 1.807) is 12.2 Å². The van der Waals surface area contributed by atoms with Crippen LogP contribution in [0.25, 0.3) is 16.7 Å². The molecular weight excluding hydrogens is 488 g/mol. The van der Waals surface area contributed by atoms with Gasteiger partial charge in [-0.15, -0.1) is 0 Å². The first-order chi connectivity index (χ1) is 19.4. The molecule has 0 radical (unpaired) electrons. The summed E-state index contributed by atoms with van der Waals surface area (Å²) < 4.78 is 0. The summed E-state index contributed by atoms with van der Waals surface area (Å²) in [6.45, 7) is 11.9. The van der Waals surface area contributed by atoms with Crippen molar-refractivity contribution in [2.24, 2.45) is 0 Å². The minimum Gasteiger partial charge on any atom is -0.507 e. The summed E-state index contributed by atoms with van der Waals surface area (Å²) in [6, 6.07) is 19.1. The predicted molar refractivity (Wildman–Crippen MR) is 171 cm³/mol. The van der Waals surface area contributed by atoms with Crippen molar-refractivity contribution in [1.82, 2.24) is 0 Å². The molecule has 40 heavy (non-hydrogen) atoms. The van der Waals surface area contributed by atoms with E-state index in [0.717, 1.165) is 59.1 Å². The Morgan fingerprint density at radius 2 is 1.23 bits per heavy atom. The molecule has 1 aliphatic carbocycles. The fraction of sp³-hybridized carbons (Fsp3) is 0.368. The minimum absolute atomic E-state index is 0.241. The van der Waals surface area contributed by atoms with E-state index in [4.69, 9.17) is 0 Å². The zero-order valence-corrected chi connectivity index (χ0v) is 24.5. The molecule has 0 heterocycles. The highest BCUT2D eigenvalue weighted by molar-refractivity contribution is 5.80. The van der Waals surface area contributed by atoms with Gasteiger partial charge in [-0.05, 0) is 72.2 Å². The number of aryl methyl sites for hydroxylation is 2. The van der Waals surface area contributed by atoms with Crippen molar-refractivity contribution in [1.29, 1.82) is 0 Å². The highest BCUT2D eigenvalue weighted by Gasteiger charge is 2.36. The zero-order valence-electron chi connectivity index (χ0n) is 24.5. The van der Waals surface area contributed by atoms with Crippen LogP contribution < -0.4 is 0 Å². The average Bonchev–Trinajstić information content (AvgIpc) is 2.96. The number of hydrogen-bond donors (Lipinski definition) is 2. The summed E-state index contributed by atoms with van der Waals surface area (Å²) in [7, 11) is 0. The van der Waals surface area contributed by atoms with Crippen LogP contribution in [-0.4, -0.2) is 10.2 Å². The lowest BCUT2D eigenvalue weighted by molar-refractivity contribution is 0.381. The molecule has 0 spiro atoms. The second kappa shape index (κ2) is 13.7. The normalized spacial score (nSPS) is 16.9. The van der Waals surface area contributed by atoms with Gasteiger partial charge in [0.05, 0.1) is 0 Å². The van der Waals surface area contributed by atoms with Crippen molar-refractivity contribution in [2.75, 3.05) is 0 Å². The molecule has 4 rings (SSSR count). The Bertz CT molecular complexity index is 1330. The Balaban J connectivity index is 1.98. The SMILES string of the molecule is C=C/C=C(\C=C)c1cc(C2(c3cc(C)c(O)c(-c4ccccc4)c3)CCCCCCCCCCC2)cc(C)c1O. The van der Waals surface area contributed by atoms with Gasteiger partial charge in [0.1, 0.15) is 11.5 Å². The molecule has 0 unspecified atom stereocenters. The molecule has 0 aromatic heterocycles. The quantitative estimate of drug-likeness (QED) is 0.309. The van der Waals surface area contributed by atoms with Crippen LogP contribution in [-0.2, 0) is 5.41 Å². The Morgan fingerprint density at radius 1 is 0.700 bits per heavy atom. The van der Waals surface area contributed by atoms with Gasteiger partial charge in [-0.1, -0.05) is 132 Å². The van der Waals surface area contributed by atoms with Crippen LogP contribution in [0.1, 0.15) is 98.4 Å². The van der Waals surface area contributed by atoms with Gasteiger partial charge in [-0.25, -0.2) is 0 Å². The summed E-state index contributed by atoms with van der Waals surface area (Å²) >= 11 is 0. The minimum atomic E-state index is -0.241. The molecule has 0 saturated heterocycles. The van der Waals surface area contributed by atoms with Gasteiger partial charge in [0.2, 0.25) is 0 Å². The highest BCUT2D eigenvalue weighted by Crippen LogP contribution is 2.48. The van der Waals surface area contributed by atoms with Gasteiger partial charge in [-0.3, -0.25) is 0 Å². The number of aromatic hydroxyl groups is 2. The lowest BCUT2D eigenvalue weighted by atomic mass is 9.66. The first-order valence-electron chi connectivity index (χ1n) is 15.1. The van der Waals surface area contributed by atoms with Crippen LogP contribution in [0, 0.1) is 13.8 Å². The molecule has 3 aromatic carbocycles. The molecule has 1 saturated carbocycles. The van der Waals surface area contributed by atoms with E-state index < -0.39 is 0 Å². The fourth-order valence-corrected chi connectivity index (χ4v) is 6.52. The number of phenols is 2. The number of hydrogen-bond acceptors (Lipinski definition) is 2. The topological polar surface area (TPSA) is 40.5 Å². The van der Waals surface area contributed by atoms with Gasteiger partial charge >= 0.3 is 0 Å². The number of benzene rings is 3. The first kappa shape index (κ1) is 29.5. The van der Waals surface area contributed by atoms with E-state index in [1.807, 2.05) is 38.1 Å². The van der Waals surface area contributed by atoms with Gasteiger partial charge in [0.15, 0.2) is 0 Å². The highest BCUT2D eigenvalue weighted by atomic mass is 16.3. The second-order valence-electron chi connectivity index (χ2n) is 11.6. The molecule has 2 heteroatoms. The maximum atomic E-state index is 11.2. The molecule has 1 fully saturated rings. The van der Waals surface area contributed by atoms with E-state index in [9.17, 15) is 10.2 Å². The van der Waals surface area contributed by atoms with Crippen LogP contribution >= 0.6 is 0 Å². The molecule has 2 N–H and O–H groups in total. The molecule has 210 valence electrons. The van der Waals surface area contributed by atoms with Crippen LogP contribution in [0.4, 0.5) is 0 Å². The Hall–Kier alpha value is -3.52. The summed E-state index contributed by atoms with van der Waals surface area (Å²) in [6.07, 6.45) is 18.8. The van der Waals surface area contributed by atoms with Crippen LogP contribution in [0.5, 0.6) is 11.5 Å². The van der Waals surface area contributed by atoms with Crippen molar-refractivity contribution in [3.63, 3.8) is 0 Å². The molecule has 0 amide bonds. The van der Waals surface area contributed by atoms with E-state index >= 15 is 0 Å². The first-order valence-corrected chi connectivity index (χ1v) is 15.1. The van der Waals surface area contributed by atoms with E-state index in [2.05, 4.69) is 49.6 Å². The zero-order chi connectivity index (χ0) is 28.5. The van der Waals surface area contributed by atoms with Crippen LogP contribution in [0.2, 0.25) is 0 Å². The molecule has 0 bridgehead atoms. The van der Waals surface area contributed by atoms with Crippen molar-refractivity contribution in [2.45, 2.75) is 89.9 Å². The van der Waals surface area contributed by atoms with E-state index in [1.165, 1.54) is 56.1 Å². The maximum absolute atomic E-state index is 11.2. The monoisotopic (exact) mass is 534 g/mol. The molecule has 0 aliphatic heterocycles. The molecule has 2 nitrogen and oxygen atoms in total. The van der Waals surface area contributed by atoms with Gasteiger partial charge in [0, 0.05) is 16.5 Å². The van der Waals surface area contributed by atoms with Crippen molar-refractivity contribution < 1.29 is 10.2 Å².